The lowest BCUT2D eigenvalue weighted by Gasteiger charge is -2.28. The largest absolute Gasteiger partial charge is 0.325 e. The monoisotopic (exact) mass is 404 g/mol. The van der Waals surface area contributed by atoms with E-state index >= 15 is 0 Å². The normalized spacial score (nSPS) is 21.9. The highest BCUT2D eigenvalue weighted by atomic mass is 16.2. The van der Waals surface area contributed by atoms with Crippen molar-refractivity contribution in [2.45, 2.75) is 31.2 Å². The lowest BCUT2D eigenvalue weighted by molar-refractivity contribution is -0.123. The first-order valence-electron chi connectivity index (χ1n) is 9.87. The van der Waals surface area contributed by atoms with E-state index in [1.165, 1.54) is 4.90 Å². The summed E-state index contributed by atoms with van der Waals surface area (Å²) < 4.78 is 0. The maximum atomic E-state index is 12.7. The lowest BCUT2D eigenvalue weighted by atomic mass is 9.96. The number of imide groups is 1. The zero-order valence-corrected chi connectivity index (χ0v) is 16.2. The Morgan fingerprint density at radius 3 is 2.60 bits per heavy atom. The van der Waals surface area contributed by atoms with Gasteiger partial charge in [0.1, 0.15) is 12.1 Å². The minimum absolute atomic E-state index is 0.0602. The first-order valence-corrected chi connectivity index (χ1v) is 9.87. The van der Waals surface area contributed by atoms with E-state index < -0.39 is 11.6 Å². The molecule has 1 saturated heterocycles. The molecule has 8 heteroatoms. The predicted molar refractivity (Wildman–Crippen MR) is 109 cm³/mol. The van der Waals surface area contributed by atoms with Crippen molar-refractivity contribution in [3.63, 3.8) is 0 Å². The third kappa shape index (κ3) is 3.01. The van der Waals surface area contributed by atoms with Crippen LogP contribution in [0.3, 0.4) is 0 Å². The average Bonchev–Trinajstić information content (AvgIpc) is 3.21. The van der Waals surface area contributed by atoms with Crippen molar-refractivity contribution in [1.82, 2.24) is 10.6 Å². The minimum atomic E-state index is -0.939. The van der Waals surface area contributed by atoms with Gasteiger partial charge < -0.3 is 15.5 Å². The highest BCUT2D eigenvalue weighted by Gasteiger charge is 2.50. The Hall–Kier alpha value is -3.68. The third-order valence-electron chi connectivity index (χ3n) is 5.98. The number of rotatable bonds is 3. The number of para-hydroxylation sites is 1. The summed E-state index contributed by atoms with van der Waals surface area (Å²) in [6.07, 6.45) is 1.87. The van der Waals surface area contributed by atoms with Gasteiger partial charge in [0.25, 0.3) is 5.91 Å². The molecule has 5 amide bonds. The molecule has 0 aromatic heterocycles. The third-order valence-corrected chi connectivity index (χ3v) is 5.98. The Morgan fingerprint density at radius 2 is 1.80 bits per heavy atom. The Bertz CT molecular complexity index is 1110. The first-order chi connectivity index (χ1) is 14.4. The molecule has 152 valence electrons. The number of nitrogens with one attached hydrogen (secondary N) is 3. The molecule has 2 aromatic carbocycles. The molecule has 3 aliphatic rings. The van der Waals surface area contributed by atoms with Crippen molar-refractivity contribution in [1.29, 1.82) is 0 Å². The molecule has 30 heavy (non-hydrogen) atoms. The van der Waals surface area contributed by atoms with Crippen LogP contribution < -0.4 is 20.9 Å². The number of nitrogens with zero attached hydrogens (tertiary/aromatic N) is 1. The van der Waals surface area contributed by atoms with Crippen LogP contribution in [0.2, 0.25) is 0 Å². The van der Waals surface area contributed by atoms with Crippen molar-refractivity contribution in [3.05, 3.63) is 59.2 Å². The van der Waals surface area contributed by atoms with Gasteiger partial charge in [0.15, 0.2) is 0 Å². The average molecular weight is 404 g/mol. The molecule has 2 heterocycles. The second kappa shape index (κ2) is 6.69. The van der Waals surface area contributed by atoms with Crippen LogP contribution in [-0.4, -0.2) is 35.8 Å². The van der Waals surface area contributed by atoms with E-state index in [4.69, 9.17) is 0 Å². The molecule has 1 unspecified atom stereocenters. The minimum Gasteiger partial charge on any atom is -0.325 e. The zero-order chi connectivity index (χ0) is 20.9. The molecule has 1 fully saturated rings. The van der Waals surface area contributed by atoms with Gasteiger partial charge >= 0.3 is 6.03 Å². The van der Waals surface area contributed by atoms with E-state index in [9.17, 15) is 19.2 Å². The predicted octanol–water partition coefficient (Wildman–Crippen LogP) is 1.28. The van der Waals surface area contributed by atoms with Crippen LogP contribution in [0.25, 0.3) is 0 Å². The second-order valence-electron chi connectivity index (χ2n) is 7.98. The van der Waals surface area contributed by atoms with Gasteiger partial charge in [-0.25, -0.2) is 4.79 Å². The number of hydrogen-bond donors (Lipinski definition) is 3. The van der Waals surface area contributed by atoms with Gasteiger partial charge in [-0.05, 0) is 41.3 Å². The van der Waals surface area contributed by atoms with Crippen LogP contribution in [0.15, 0.2) is 42.5 Å². The fraction of sp³-hybridized carbons (Fsp3) is 0.273. The van der Waals surface area contributed by atoms with Crippen molar-refractivity contribution in [3.8, 4) is 0 Å². The summed E-state index contributed by atoms with van der Waals surface area (Å²) in [4.78, 5) is 50.3. The van der Waals surface area contributed by atoms with E-state index in [-0.39, 0.29) is 24.3 Å². The van der Waals surface area contributed by atoms with Gasteiger partial charge in [-0.3, -0.25) is 19.7 Å². The molecule has 3 N–H and O–H groups in total. The smallest absolute Gasteiger partial charge is 0.322 e. The number of carbonyl (C=O) groups excluding carboxylic acids is 4. The molecular weight excluding hydrogens is 384 g/mol. The van der Waals surface area contributed by atoms with Gasteiger partial charge in [-0.2, -0.15) is 0 Å². The standard InChI is InChI=1S/C22H20N4O4/c27-18(12-26-17-4-2-1-3-13(17)6-8-19(26)28)23-16-7-5-14-10-22(11-15(14)9-16)20(29)24-21(30)25-22/h1-5,7,9H,6,8,10-12H2,(H,23,27)(H2,24,25,29,30). The quantitative estimate of drug-likeness (QED) is 0.670. The summed E-state index contributed by atoms with van der Waals surface area (Å²) in [5, 5.41) is 7.86. The fourth-order valence-electron chi connectivity index (χ4n) is 4.54. The van der Waals surface area contributed by atoms with E-state index in [1.807, 2.05) is 36.4 Å². The van der Waals surface area contributed by atoms with Gasteiger partial charge in [0.2, 0.25) is 11.8 Å². The molecular formula is C22H20N4O4. The molecule has 0 saturated carbocycles. The van der Waals surface area contributed by atoms with Crippen molar-refractivity contribution >= 4 is 35.1 Å². The Kier molecular flexibility index (Phi) is 4.09. The van der Waals surface area contributed by atoms with E-state index in [0.29, 0.717) is 31.4 Å². The Labute approximate surface area is 172 Å². The summed E-state index contributed by atoms with van der Waals surface area (Å²) in [5.74, 6) is -0.682. The van der Waals surface area contributed by atoms with Gasteiger partial charge in [0.05, 0.1) is 0 Å². The number of hydrogen-bond acceptors (Lipinski definition) is 4. The van der Waals surface area contributed by atoms with Crippen LogP contribution in [-0.2, 0) is 33.6 Å². The van der Waals surface area contributed by atoms with E-state index in [0.717, 1.165) is 22.4 Å². The SMILES string of the molecule is O=C(CN1C(=O)CCc2ccccc21)Nc1ccc2c(c1)CC1(C2)NC(=O)NC1=O. The molecule has 1 spiro atoms. The molecule has 2 aliphatic heterocycles. The molecule has 0 bridgehead atoms. The maximum Gasteiger partial charge on any atom is 0.322 e. The summed E-state index contributed by atoms with van der Waals surface area (Å²) >= 11 is 0. The Morgan fingerprint density at radius 1 is 1.00 bits per heavy atom. The summed E-state index contributed by atoms with van der Waals surface area (Å²) in [6, 6.07) is 12.6. The van der Waals surface area contributed by atoms with Gasteiger partial charge in [-0.1, -0.05) is 24.3 Å². The van der Waals surface area contributed by atoms with E-state index in [1.54, 1.807) is 6.07 Å². The van der Waals surface area contributed by atoms with Crippen molar-refractivity contribution in [2.24, 2.45) is 0 Å². The number of carbonyl (C=O) groups is 4. The second-order valence-corrected chi connectivity index (χ2v) is 7.98. The fourth-order valence-corrected chi connectivity index (χ4v) is 4.54. The van der Waals surface area contributed by atoms with Crippen LogP contribution in [0.4, 0.5) is 16.2 Å². The van der Waals surface area contributed by atoms with Crippen LogP contribution in [0.1, 0.15) is 23.1 Å². The van der Waals surface area contributed by atoms with Crippen LogP contribution >= 0.6 is 0 Å². The Balaban J connectivity index is 1.30. The molecule has 8 nitrogen and oxygen atoms in total. The number of urea groups is 1. The number of benzene rings is 2. The molecule has 0 radical (unpaired) electrons. The highest BCUT2D eigenvalue weighted by Crippen LogP contribution is 2.34. The van der Waals surface area contributed by atoms with Gasteiger partial charge in [0, 0.05) is 30.6 Å². The first kappa shape index (κ1) is 18.4. The van der Waals surface area contributed by atoms with Crippen molar-refractivity contribution < 1.29 is 19.2 Å². The molecule has 1 atom stereocenters. The maximum absolute atomic E-state index is 12.7. The number of fused-ring (bicyclic) bond motifs is 2. The summed E-state index contributed by atoms with van der Waals surface area (Å²) in [7, 11) is 0. The lowest BCUT2D eigenvalue weighted by Crippen LogP contribution is -2.47. The topological polar surface area (TPSA) is 108 Å². The summed E-state index contributed by atoms with van der Waals surface area (Å²) in [5.41, 5.74) is 3.37. The number of aryl methyl sites for hydroxylation is 1. The van der Waals surface area contributed by atoms with Gasteiger partial charge in [-0.15, -0.1) is 0 Å². The van der Waals surface area contributed by atoms with Crippen LogP contribution in [0.5, 0.6) is 0 Å². The summed E-state index contributed by atoms with van der Waals surface area (Å²) in [6.45, 7) is -0.0602. The van der Waals surface area contributed by atoms with Crippen molar-refractivity contribution in [2.75, 3.05) is 16.8 Å². The molecule has 2 aromatic rings. The number of anilines is 2. The van der Waals surface area contributed by atoms with E-state index in [2.05, 4.69) is 16.0 Å². The zero-order valence-electron chi connectivity index (χ0n) is 16.2. The van der Waals surface area contributed by atoms with Crippen LogP contribution in [0, 0.1) is 0 Å². The highest BCUT2D eigenvalue weighted by molar-refractivity contribution is 6.08. The molecule has 1 aliphatic carbocycles. The molecule has 5 rings (SSSR count). The number of amides is 5.